The molecule has 230 valence electrons. The van der Waals surface area contributed by atoms with Gasteiger partial charge in [-0.05, 0) is 37.1 Å². The smallest absolute Gasteiger partial charge is 0.318 e. The molecule has 3 aliphatic heterocycles. The molecule has 3 aromatic rings. The van der Waals surface area contributed by atoms with Crippen molar-refractivity contribution in [1.82, 2.24) is 19.8 Å². The van der Waals surface area contributed by atoms with Crippen LogP contribution in [-0.4, -0.2) is 90.1 Å². The van der Waals surface area contributed by atoms with Crippen LogP contribution < -0.4 is 14.5 Å². The highest BCUT2D eigenvalue weighted by Gasteiger charge is 2.43. The molecule has 0 radical (unpaired) electrons. The van der Waals surface area contributed by atoms with E-state index in [1.54, 1.807) is 16.8 Å². The van der Waals surface area contributed by atoms with Crippen LogP contribution >= 0.6 is 11.6 Å². The van der Waals surface area contributed by atoms with Gasteiger partial charge in [0.2, 0.25) is 5.91 Å². The number of halogens is 3. The zero-order chi connectivity index (χ0) is 31.0. The van der Waals surface area contributed by atoms with Crippen LogP contribution in [-0.2, 0) is 17.8 Å². The van der Waals surface area contributed by atoms with E-state index < -0.39 is 12.0 Å². The van der Waals surface area contributed by atoms with Gasteiger partial charge in [-0.25, -0.2) is 8.78 Å². The van der Waals surface area contributed by atoms with Gasteiger partial charge in [-0.15, -0.1) is 0 Å². The zero-order valence-corrected chi connectivity index (χ0v) is 25.3. The summed E-state index contributed by atoms with van der Waals surface area (Å²) in [6.07, 6.45) is 1.81. The lowest BCUT2D eigenvalue weighted by atomic mass is 10.0. The molecule has 0 bridgehead atoms. The van der Waals surface area contributed by atoms with Gasteiger partial charge in [-0.2, -0.15) is 15.2 Å². The lowest BCUT2D eigenvalue weighted by Crippen LogP contribution is -2.55. The molecule has 4 heterocycles. The first-order valence-electron chi connectivity index (χ1n) is 14.7. The first-order chi connectivity index (χ1) is 21.2. The molecule has 2 saturated heterocycles. The molecule has 0 saturated carbocycles. The van der Waals surface area contributed by atoms with Crippen molar-refractivity contribution in [3.63, 3.8) is 0 Å². The number of ether oxygens (including phenoxy) is 1. The van der Waals surface area contributed by atoms with Gasteiger partial charge in [0.05, 0.1) is 42.3 Å². The van der Waals surface area contributed by atoms with Crippen molar-refractivity contribution in [2.24, 2.45) is 0 Å². The Morgan fingerprint density at radius 2 is 1.98 bits per heavy atom. The van der Waals surface area contributed by atoms with Crippen LogP contribution in [0.5, 0.6) is 6.01 Å². The van der Waals surface area contributed by atoms with Gasteiger partial charge in [0.1, 0.15) is 12.4 Å². The molecule has 44 heavy (non-hydrogen) atoms. The van der Waals surface area contributed by atoms with Crippen molar-refractivity contribution in [3.05, 3.63) is 65.3 Å². The number of piperazine rings is 1. The number of likely N-dealkylation sites (tertiary alicyclic amines) is 1. The molecule has 6 rings (SSSR count). The fourth-order valence-electron chi connectivity index (χ4n) is 6.61. The molecule has 0 spiro atoms. The van der Waals surface area contributed by atoms with Crippen molar-refractivity contribution in [2.45, 2.75) is 43.8 Å². The number of nitrogens with zero attached hydrogens (tertiary/aromatic N) is 7. The van der Waals surface area contributed by atoms with Crippen LogP contribution in [0.2, 0.25) is 5.02 Å². The molecular formula is C32H34ClF2N7O2. The molecule has 2 atom stereocenters. The summed E-state index contributed by atoms with van der Waals surface area (Å²) in [5.41, 5.74) is 2.76. The lowest BCUT2D eigenvalue weighted by molar-refractivity contribution is -0.128. The summed E-state index contributed by atoms with van der Waals surface area (Å²) < 4.78 is 34.1. The quantitative estimate of drug-likeness (QED) is 0.352. The summed E-state index contributed by atoms with van der Waals surface area (Å²) in [4.78, 5) is 29.8. The van der Waals surface area contributed by atoms with Crippen LogP contribution in [0.15, 0.2) is 49.1 Å². The van der Waals surface area contributed by atoms with E-state index in [2.05, 4.69) is 28.5 Å². The normalized spacial score (nSPS) is 21.7. The van der Waals surface area contributed by atoms with E-state index in [1.807, 2.05) is 30.3 Å². The second-order valence-electron chi connectivity index (χ2n) is 11.7. The fourth-order valence-corrected chi connectivity index (χ4v) is 6.89. The molecule has 0 aliphatic carbocycles. The Morgan fingerprint density at radius 1 is 1.18 bits per heavy atom. The number of anilines is 2. The maximum atomic E-state index is 14.1. The van der Waals surface area contributed by atoms with E-state index in [1.165, 1.54) is 6.08 Å². The van der Waals surface area contributed by atoms with E-state index in [-0.39, 0.29) is 44.0 Å². The molecule has 2 fully saturated rings. The molecule has 1 aromatic heterocycles. The number of amides is 1. The van der Waals surface area contributed by atoms with E-state index in [0.717, 1.165) is 27.7 Å². The number of hydrogen-bond acceptors (Lipinski definition) is 8. The molecule has 12 heteroatoms. The van der Waals surface area contributed by atoms with Gasteiger partial charge in [-0.3, -0.25) is 9.69 Å². The van der Waals surface area contributed by atoms with Crippen LogP contribution in [0, 0.1) is 11.3 Å². The number of likely N-dealkylation sites (N-methyl/N-ethyl adjacent to an activating group) is 1. The number of carbonyl (C=O) groups is 1. The predicted octanol–water partition coefficient (Wildman–Crippen LogP) is 4.68. The minimum absolute atomic E-state index is 0.0334. The largest absolute Gasteiger partial charge is 0.462 e. The van der Waals surface area contributed by atoms with Crippen LogP contribution in [0.25, 0.3) is 10.8 Å². The SMILES string of the molecule is C=CC(=O)N1CCN(c2nc(OCC3CC(F)(F)CN3C)nc3c2CCN(c2cccc4cccc(Cl)c24)C3)CC1CC#N. The van der Waals surface area contributed by atoms with Crippen LogP contribution in [0.1, 0.15) is 24.1 Å². The van der Waals surface area contributed by atoms with E-state index >= 15 is 0 Å². The minimum Gasteiger partial charge on any atom is -0.462 e. The number of nitriles is 1. The van der Waals surface area contributed by atoms with Crippen molar-refractivity contribution < 1.29 is 18.3 Å². The van der Waals surface area contributed by atoms with Crippen LogP contribution in [0.3, 0.4) is 0 Å². The molecule has 9 nitrogen and oxygen atoms in total. The highest BCUT2D eigenvalue weighted by molar-refractivity contribution is 6.36. The maximum Gasteiger partial charge on any atom is 0.318 e. The van der Waals surface area contributed by atoms with E-state index in [9.17, 15) is 18.8 Å². The maximum absolute atomic E-state index is 14.1. The number of aromatic nitrogens is 2. The molecule has 2 unspecified atom stereocenters. The van der Waals surface area contributed by atoms with E-state index in [0.29, 0.717) is 50.0 Å². The molecule has 3 aliphatic rings. The number of rotatable bonds is 7. The average molecular weight is 622 g/mol. The van der Waals surface area contributed by atoms with Crippen molar-refractivity contribution in [2.75, 3.05) is 56.2 Å². The van der Waals surface area contributed by atoms with Gasteiger partial charge in [0.15, 0.2) is 0 Å². The third kappa shape index (κ3) is 5.88. The minimum atomic E-state index is -2.76. The highest BCUT2D eigenvalue weighted by atomic mass is 35.5. The van der Waals surface area contributed by atoms with Gasteiger partial charge in [0, 0.05) is 55.3 Å². The van der Waals surface area contributed by atoms with E-state index in [4.69, 9.17) is 26.3 Å². The summed E-state index contributed by atoms with van der Waals surface area (Å²) in [6, 6.07) is 13.5. The summed E-state index contributed by atoms with van der Waals surface area (Å²) in [5, 5.41) is 12.2. The number of fused-ring (bicyclic) bond motifs is 2. The Bertz CT molecular complexity index is 1620. The topological polar surface area (TPSA) is 88.8 Å². The standard InChI is InChI=1S/C32H34ClF2N7O2/c1-3-28(43)42-15-14-41(17-22(42)10-12-36)30-24-11-13-40(27-9-5-7-21-6-4-8-25(33)29(21)27)18-26(24)37-31(38-30)44-19-23-16-32(34,35)20-39(23)2/h3-9,22-23H,1,10-11,13-20H2,2H3. The number of hydrogen-bond donors (Lipinski definition) is 0. The van der Waals surface area contributed by atoms with Crippen LogP contribution in [0.4, 0.5) is 20.3 Å². The van der Waals surface area contributed by atoms with Gasteiger partial charge < -0.3 is 19.4 Å². The summed E-state index contributed by atoms with van der Waals surface area (Å²) in [7, 11) is 1.67. The zero-order valence-electron chi connectivity index (χ0n) is 24.6. The van der Waals surface area contributed by atoms with Crippen molar-refractivity contribution in [1.29, 1.82) is 5.26 Å². The number of alkyl halides is 2. The molecule has 2 aromatic carbocycles. The Balaban J connectivity index is 1.34. The van der Waals surface area contributed by atoms with Gasteiger partial charge >= 0.3 is 6.01 Å². The third-order valence-corrected chi connectivity index (χ3v) is 9.12. The van der Waals surface area contributed by atoms with Crippen molar-refractivity contribution >= 4 is 39.8 Å². The first kappa shape index (κ1) is 30.0. The number of benzene rings is 2. The fraction of sp³-hybridized carbons (Fsp3) is 0.438. The Kier molecular flexibility index (Phi) is 8.31. The van der Waals surface area contributed by atoms with Gasteiger partial charge in [0.25, 0.3) is 5.92 Å². The second kappa shape index (κ2) is 12.2. The predicted molar refractivity (Wildman–Crippen MR) is 165 cm³/mol. The molecular weight excluding hydrogens is 588 g/mol. The summed E-state index contributed by atoms with van der Waals surface area (Å²) in [6.45, 7) is 5.84. The first-order valence-corrected chi connectivity index (χ1v) is 15.1. The Hall–Kier alpha value is -4.01. The number of carbonyl (C=O) groups excluding carboxylic acids is 1. The van der Waals surface area contributed by atoms with Gasteiger partial charge in [-0.1, -0.05) is 42.4 Å². The second-order valence-corrected chi connectivity index (χ2v) is 12.1. The summed E-state index contributed by atoms with van der Waals surface area (Å²) in [5.74, 6) is -2.27. The highest BCUT2D eigenvalue weighted by Crippen LogP contribution is 2.38. The molecule has 1 amide bonds. The Morgan fingerprint density at radius 3 is 2.70 bits per heavy atom. The van der Waals surface area contributed by atoms with Crippen molar-refractivity contribution in [3.8, 4) is 12.1 Å². The summed E-state index contributed by atoms with van der Waals surface area (Å²) >= 11 is 6.66. The third-order valence-electron chi connectivity index (χ3n) is 8.81. The molecule has 0 N–H and O–H groups in total. The monoisotopic (exact) mass is 621 g/mol. The lowest BCUT2D eigenvalue weighted by Gasteiger charge is -2.42. The Labute approximate surface area is 260 Å². The average Bonchev–Trinajstić information content (AvgIpc) is 3.29.